The fraction of sp³-hybridized carbons (Fsp3) is 0.250. The van der Waals surface area contributed by atoms with E-state index >= 15 is 0 Å². The molecule has 1 N–H and O–H groups in total. The molecular formula is C20H19ClN2O4S. The Hall–Kier alpha value is -2.51. The summed E-state index contributed by atoms with van der Waals surface area (Å²) >= 11 is 7.36. The Bertz CT molecular complexity index is 845. The summed E-state index contributed by atoms with van der Waals surface area (Å²) in [5.74, 6) is -0.758. The molecule has 0 saturated carbocycles. The molecule has 1 fully saturated rings. The van der Waals surface area contributed by atoms with Gasteiger partial charge >= 0.3 is 5.97 Å². The summed E-state index contributed by atoms with van der Waals surface area (Å²) in [5.41, 5.74) is 1.77. The Kier molecular flexibility index (Phi) is 6.95. The van der Waals surface area contributed by atoms with E-state index in [1.54, 1.807) is 12.1 Å². The quantitative estimate of drug-likeness (QED) is 0.700. The first-order chi connectivity index (χ1) is 13.5. The summed E-state index contributed by atoms with van der Waals surface area (Å²) in [6.45, 7) is -0.215. The van der Waals surface area contributed by atoms with Crippen molar-refractivity contribution in [2.24, 2.45) is 0 Å². The first-order valence-corrected chi connectivity index (χ1v) is 10.1. The second-order valence-corrected chi connectivity index (χ2v) is 7.66. The molecule has 0 spiro atoms. The number of nitrogens with one attached hydrogen (secondary N) is 1. The predicted octanol–water partition coefficient (Wildman–Crippen LogP) is 2.77. The van der Waals surface area contributed by atoms with Crippen molar-refractivity contribution in [3.8, 4) is 0 Å². The van der Waals surface area contributed by atoms with Crippen molar-refractivity contribution in [3.63, 3.8) is 0 Å². The largest absolute Gasteiger partial charge is 0.460 e. The fourth-order valence-corrected chi connectivity index (χ4v) is 4.01. The van der Waals surface area contributed by atoms with Crippen molar-refractivity contribution in [1.29, 1.82) is 0 Å². The van der Waals surface area contributed by atoms with Crippen LogP contribution in [0, 0.1) is 0 Å². The van der Waals surface area contributed by atoms with E-state index in [9.17, 15) is 14.4 Å². The molecule has 146 valence electrons. The average molecular weight is 419 g/mol. The third-order valence-corrected chi connectivity index (χ3v) is 5.62. The normalized spacial score (nSPS) is 16.1. The lowest BCUT2D eigenvalue weighted by Gasteiger charge is -2.23. The van der Waals surface area contributed by atoms with E-state index in [2.05, 4.69) is 5.32 Å². The second-order valence-electron chi connectivity index (χ2n) is 6.16. The molecule has 1 heterocycles. The van der Waals surface area contributed by atoms with E-state index < -0.39 is 11.9 Å². The summed E-state index contributed by atoms with van der Waals surface area (Å²) in [4.78, 5) is 37.7. The number of benzene rings is 2. The van der Waals surface area contributed by atoms with Crippen LogP contribution >= 0.6 is 23.4 Å². The van der Waals surface area contributed by atoms with Crippen molar-refractivity contribution < 1.29 is 19.1 Å². The molecule has 8 heteroatoms. The van der Waals surface area contributed by atoms with Crippen LogP contribution in [0.3, 0.4) is 0 Å². The highest BCUT2D eigenvalue weighted by atomic mass is 35.5. The van der Waals surface area contributed by atoms with Gasteiger partial charge in [-0.2, -0.15) is 0 Å². The SMILES string of the molecule is O=C(CN1C(=O)CSC1c1ccc(Cl)cc1)NCC(=O)OCc1ccccc1. The van der Waals surface area contributed by atoms with E-state index in [0.29, 0.717) is 10.8 Å². The first-order valence-electron chi connectivity index (χ1n) is 8.66. The van der Waals surface area contributed by atoms with Gasteiger partial charge < -0.3 is 15.0 Å². The lowest BCUT2D eigenvalue weighted by atomic mass is 10.2. The van der Waals surface area contributed by atoms with Crippen LogP contribution in [0.1, 0.15) is 16.5 Å². The van der Waals surface area contributed by atoms with Crippen molar-refractivity contribution in [2.45, 2.75) is 12.0 Å². The van der Waals surface area contributed by atoms with E-state index in [-0.39, 0.29) is 31.0 Å². The monoisotopic (exact) mass is 418 g/mol. The minimum atomic E-state index is -0.534. The second kappa shape index (κ2) is 9.61. The van der Waals surface area contributed by atoms with E-state index in [1.165, 1.54) is 16.7 Å². The van der Waals surface area contributed by atoms with Crippen LogP contribution in [0.2, 0.25) is 5.02 Å². The topological polar surface area (TPSA) is 75.7 Å². The maximum absolute atomic E-state index is 12.2. The average Bonchev–Trinajstić information content (AvgIpc) is 3.06. The number of carbonyl (C=O) groups excluding carboxylic acids is 3. The molecule has 0 bridgehead atoms. The van der Waals surface area contributed by atoms with Crippen LogP contribution in [-0.4, -0.2) is 41.5 Å². The molecule has 1 aliphatic rings. The minimum absolute atomic E-state index is 0.119. The molecule has 0 aromatic heterocycles. The summed E-state index contributed by atoms with van der Waals surface area (Å²) in [6, 6.07) is 16.5. The Morgan fingerprint density at radius 3 is 2.57 bits per heavy atom. The third-order valence-electron chi connectivity index (χ3n) is 4.11. The number of nitrogens with zero attached hydrogens (tertiary/aromatic N) is 1. The molecule has 6 nitrogen and oxygen atoms in total. The van der Waals surface area contributed by atoms with Gasteiger partial charge in [-0.3, -0.25) is 14.4 Å². The molecule has 0 radical (unpaired) electrons. The third kappa shape index (κ3) is 5.50. The van der Waals surface area contributed by atoms with Crippen molar-refractivity contribution >= 4 is 41.1 Å². The van der Waals surface area contributed by atoms with Gasteiger partial charge in [-0.05, 0) is 23.3 Å². The van der Waals surface area contributed by atoms with E-state index in [0.717, 1.165) is 11.1 Å². The molecule has 28 heavy (non-hydrogen) atoms. The lowest BCUT2D eigenvalue weighted by Crippen LogP contribution is -2.41. The molecule has 1 atom stereocenters. The maximum Gasteiger partial charge on any atom is 0.325 e. The van der Waals surface area contributed by atoms with Gasteiger partial charge in [0.2, 0.25) is 11.8 Å². The summed E-state index contributed by atoms with van der Waals surface area (Å²) in [6.07, 6.45) is 0. The van der Waals surface area contributed by atoms with Crippen LogP contribution in [0.5, 0.6) is 0 Å². The fourth-order valence-electron chi connectivity index (χ4n) is 2.70. The van der Waals surface area contributed by atoms with E-state index in [4.69, 9.17) is 16.3 Å². The van der Waals surface area contributed by atoms with E-state index in [1.807, 2.05) is 42.5 Å². The number of thioether (sulfide) groups is 1. The number of amides is 2. The predicted molar refractivity (Wildman–Crippen MR) is 108 cm³/mol. The lowest BCUT2D eigenvalue weighted by molar-refractivity contribution is -0.145. The number of esters is 1. The van der Waals surface area contributed by atoms with Gasteiger partial charge in [-0.15, -0.1) is 11.8 Å². The number of hydrogen-bond donors (Lipinski definition) is 1. The minimum Gasteiger partial charge on any atom is -0.460 e. The van der Waals surface area contributed by atoms with Crippen LogP contribution in [0.25, 0.3) is 0 Å². The highest BCUT2D eigenvalue weighted by Gasteiger charge is 2.34. The summed E-state index contributed by atoms with van der Waals surface area (Å²) in [5, 5.41) is 2.87. The van der Waals surface area contributed by atoms with Gasteiger partial charge in [0.05, 0.1) is 5.75 Å². The van der Waals surface area contributed by atoms with Crippen molar-refractivity contribution in [2.75, 3.05) is 18.8 Å². The zero-order valence-corrected chi connectivity index (χ0v) is 16.5. The van der Waals surface area contributed by atoms with Crippen molar-refractivity contribution in [1.82, 2.24) is 10.2 Å². The number of rotatable bonds is 7. The Morgan fingerprint density at radius 2 is 1.86 bits per heavy atom. The van der Waals surface area contributed by atoms with Crippen molar-refractivity contribution in [3.05, 3.63) is 70.7 Å². The molecule has 1 saturated heterocycles. The smallest absolute Gasteiger partial charge is 0.325 e. The molecule has 3 rings (SSSR count). The number of carbonyl (C=O) groups is 3. The molecule has 1 aliphatic heterocycles. The molecule has 2 aromatic rings. The maximum atomic E-state index is 12.2. The Balaban J connectivity index is 1.48. The van der Waals surface area contributed by atoms with Gasteiger partial charge in [0.1, 0.15) is 25.1 Å². The number of halogens is 1. The molecule has 2 aromatic carbocycles. The van der Waals surface area contributed by atoms with Crippen LogP contribution in [0.4, 0.5) is 0 Å². The Labute approximate surface area is 172 Å². The standard InChI is InChI=1S/C20H19ClN2O4S/c21-16-8-6-15(7-9-16)20-23(18(25)13-28-20)11-17(24)22-10-19(26)27-12-14-4-2-1-3-5-14/h1-9,20H,10-13H2,(H,22,24). The van der Waals surface area contributed by atoms with Crippen LogP contribution < -0.4 is 5.32 Å². The van der Waals surface area contributed by atoms with Gasteiger partial charge in [-0.25, -0.2) is 0 Å². The van der Waals surface area contributed by atoms with Crippen LogP contribution in [-0.2, 0) is 25.7 Å². The van der Waals surface area contributed by atoms with Crippen LogP contribution in [0.15, 0.2) is 54.6 Å². The van der Waals surface area contributed by atoms with Gasteiger partial charge in [0.15, 0.2) is 0 Å². The molecular weight excluding hydrogens is 400 g/mol. The highest BCUT2D eigenvalue weighted by Crippen LogP contribution is 2.38. The zero-order chi connectivity index (χ0) is 19.9. The molecule has 1 unspecified atom stereocenters. The van der Waals surface area contributed by atoms with Gasteiger partial charge in [0.25, 0.3) is 0 Å². The first kappa shape index (κ1) is 20.2. The number of hydrogen-bond acceptors (Lipinski definition) is 5. The molecule has 2 amide bonds. The Morgan fingerprint density at radius 1 is 1.14 bits per heavy atom. The summed E-state index contributed by atoms with van der Waals surface area (Å²) < 4.78 is 5.12. The summed E-state index contributed by atoms with van der Waals surface area (Å²) in [7, 11) is 0. The zero-order valence-electron chi connectivity index (χ0n) is 15.0. The van der Waals surface area contributed by atoms with Gasteiger partial charge in [-0.1, -0.05) is 54.1 Å². The van der Waals surface area contributed by atoms with Gasteiger partial charge in [0, 0.05) is 5.02 Å². The molecule has 0 aliphatic carbocycles. The number of ether oxygens (including phenoxy) is 1. The highest BCUT2D eigenvalue weighted by molar-refractivity contribution is 8.00.